The van der Waals surface area contributed by atoms with Gasteiger partial charge in [0, 0.05) is 39.3 Å². The summed E-state index contributed by atoms with van der Waals surface area (Å²) >= 11 is 6.13. The second-order valence-electron chi connectivity index (χ2n) is 5.23. The Bertz CT molecular complexity index is 488. The second kappa shape index (κ2) is 7.64. The van der Waals surface area contributed by atoms with E-state index in [1.807, 2.05) is 18.2 Å². The summed E-state index contributed by atoms with van der Waals surface area (Å²) in [5.74, 6) is -0.0378. The maximum atomic E-state index is 10.6. The summed E-state index contributed by atoms with van der Waals surface area (Å²) in [6, 6.07) is 5.86. The number of hydrogen-bond acceptors (Lipinski definition) is 4. The number of nitrogens with zero attached hydrogens (tertiary/aromatic N) is 2. The number of halogens is 1. The molecule has 1 N–H and O–H groups in total. The maximum absolute atomic E-state index is 10.6. The summed E-state index contributed by atoms with van der Waals surface area (Å²) < 4.78 is 5.15. The van der Waals surface area contributed by atoms with Gasteiger partial charge in [0.05, 0.1) is 18.6 Å². The van der Waals surface area contributed by atoms with E-state index in [1.165, 1.54) is 5.56 Å². The number of carboxylic acids is 1. The van der Waals surface area contributed by atoms with Crippen LogP contribution in [0.2, 0.25) is 5.02 Å². The summed E-state index contributed by atoms with van der Waals surface area (Å²) in [6.45, 7) is 5.22. The van der Waals surface area contributed by atoms with Crippen molar-refractivity contribution < 1.29 is 14.6 Å². The molecule has 0 amide bonds. The molecule has 0 atom stereocenters. The summed E-state index contributed by atoms with van der Waals surface area (Å²) in [5, 5.41) is 9.33. The third-order valence-corrected chi connectivity index (χ3v) is 4.02. The first-order valence-electron chi connectivity index (χ1n) is 7.07. The molecule has 0 unspecified atom stereocenters. The first kappa shape index (κ1) is 16.1. The third-order valence-electron chi connectivity index (χ3n) is 3.73. The van der Waals surface area contributed by atoms with Gasteiger partial charge < -0.3 is 14.7 Å². The lowest BCUT2D eigenvalue weighted by Crippen LogP contribution is -2.46. The van der Waals surface area contributed by atoms with E-state index in [2.05, 4.69) is 9.80 Å². The normalized spacial score (nSPS) is 16.9. The van der Waals surface area contributed by atoms with Crippen molar-refractivity contribution in [1.82, 2.24) is 9.80 Å². The fourth-order valence-corrected chi connectivity index (χ4v) is 2.77. The predicted molar refractivity (Wildman–Crippen MR) is 82.0 cm³/mol. The van der Waals surface area contributed by atoms with Crippen LogP contribution >= 0.6 is 11.6 Å². The van der Waals surface area contributed by atoms with Crippen LogP contribution in [-0.2, 0) is 11.3 Å². The summed E-state index contributed by atoms with van der Waals surface area (Å²) in [5.41, 5.74) is 1.17. The van der Waals surface area contributed by atoms with E-state index < -0.39 is 5.97 Å². The van der Waals surface area contributed by atoms with Crippen LogP contribution in [0.25, 0.3) is 0 Å². The minimum Gasteiger partial charge on any atom is -0.495 e. The lowest BCUT2D eigenvalue weighted by molar-refractivity contribution is -0.137. The van der Waals surface area contributed by atoms with Crippen molar-refractivity contribution in [2.75, 3.05) is 39.8 Å². The number of carboxylic acid groups (broad SMARTS) is 1. The largest absolute Gasteiger partial charge is 0.495 e. The highest BCUT2D eigenvalue weighted by atomic mass is 35.5. The number of methoxy groups -OCH3 is 1. The molecule has 1 saturated heterocycles. The molecule has 0 aromatic heterocycles. The smallest absolute Gasteiger partial charge is 0.304 e. The molecular formula is C15H21ClN2O3. The lowest BCUT2D eigenvalue weighted by Gasteiger charge is -2.34. The van der Waals surface area contributed by atoms with E-state index in [1.54, 1.807) is 7.11 Å². The van der Waals surface area contributed by atoms with Crippen molar-refractivity contribution >= 4 is 17.6 Å². The van der Waals surface area contributed by atoms with Gasteiger partial charge in [-0.2, -0.15) is 0 Å². The lowest BCUT2D eigenvalue weighted by atomic mass is 10.2. The molecule has 0 aliphatic carbocycles. The SMILES string of the molecule is COc1ccc(CN2CCN(CCC(=O)O)CC2)cc1Cl. The highest BCUT2D eigenvalue weighted by molar-refractivity contribution is 6.32. The quantitative estimate of drug-likeness (QED) is 0.870. The van der Waals surface area contributed by atoms with Gasteiger partial charge in [-0.25, -0.2) is 0 Å². The van der Waals surface area contributed by atoms with Gasteiger partial charge in [-0.05, 0) is 17.7 Å². The zero-order valence-corrected chi connectivity index (χ0v) is 13.0. The molecule has 1 aromatic carbocycles. The monoisotopic (exact) mass is 312 g/mol. The maximum Gasteiger partial charge on any atom is 0.304 e. The molecule has 116 valence electrons. The van der Waals surface area contributed by atoms with Crippen LogP contribution < -0.4 is 4.74 Å². The highest BCUT2D eigenvalue weighted by Gasteiger charge is 2.17. The van der Waals surface area contributed by atoms with Gasteiger partial charge in [0.1, 0.15) is 5.75 Å². The third kappa shape index (κ3) is 4.88. The van der Waals surface area contributed by atoms with Gasteiger partial charge in [0.2, 0.25) is 0 Å². The number of aliphatic carboxylic acids is 1. The Morgan fingerprint density at radius 1 is 1.29 bits per heavy atom. The van der Waals surface area contributed by atoms with Gasteiger partial charge in [0.15, 0.2) is 0 Å². The Balaban J connectivity index is 1.80. The molecule has 1 aromatic rings. The van der Waals surface area contributed by atoms with E-state index in [9.17, 15) is 4.79 Å². The molecule has 0 spiro atoms. The van der Waals surface area contributed by atoms with E-state index in [4.69, 9.17) is 21.4 Å². The summed E-state index contributed by atoms with van der Waals surface area (Å²) in [6.07, 6.45) is 0.216. The fraction of sp³-hybridized carbons (Fsp3) is 0.533. The molecule has 6 heteroatoms. The van der Waals surface area contributed by atoms with E-state index in [0.717, 1.165) is 32.7 Å². The van der Waals surface area contributed by atoms with Gasteiger partial charge in [-0.3, -0.25) is 9.69 Å². The predicted octanol–water partition coefficient (Wildman–Crippen LogP) is 1.94. The fourth-order valence-electron chi connectivity index (χ4n) is 2.49. The Kier molecular flexibility index (Phi) is 5.85. The Labute approximate surface area is 130 Å². The first-order valence-corrected chi connectivity index (χ1v) is 7.45. The number of rotatable bonds is 6. The second-order valence-corrected chi connectivity index (χ2v) is 5.64. The molecule has 0 saturated carbocycles. The molecular weight excluding hydrogens is 292 g/mol. The van der Waals surface area contributed by atoms with Gasteiger partial charge in [0.25, 0.3) is 0 Å². The molecule has 2 rings (SSSR count). The molecule has 1 aliphatic heterocycles. The van der Waals surface area contributed by atoms with Gasteiger partial charge in [-0.1, -0.05) is 17.7 Å². The van der Waals surface area contributed by atoms with Crippen molar-refractivity contribution in [2.45, 2.75) is 13.0 Å². The number of piperazine rings is 1. The molecule has 1 aliphatic rings. The number of benzene rings is 1. The van der Waals surface area contributed by atoms with Gasteiger partial charge in [-0.15, -0.1) is 0 Å². The standard InChI is InChI=1S/C15H21ClN2O3/c1-21-14-3-2-12(10-13(14)16)11-18-8-6-17(7-9-18)5-4-15(19)20/h2-3,10H,4-9,11H2,1H3,(H,19,20). The van der Waals surface area contributed by atoms with Crippen LogP contribution in [-0.4, -0.2) is 60.7 Å². The molecule has 0 radical (unpaired) electrons. The Morgan fingerprint density at radius 2 is 1.95 bits per heavy atom. The number of hydrogen-bond donors (Lipinski definition) is 1. The van der Waals surface area contributed by atoms with E-state index >= 15 is 0 Å². The average molecular weight is 313 g/mol. The molecule has 21 heavy (non-hydrogen) atoms. The van der Waals surface area contributed by atoms with Crippen molar-refractivity contribution in [3.8, 4) is 5.75 Å². The van der Waals surface area contributed by atoms with Crippen molar-refractivity contribution in [3.63, 3.8) is 0 Å². The van der Waals surface area contributed by atoms with Crippen LogP contribution in [0.15, 0.2) is 18.2 Å². The van der Waals surface area contributed by atoms with E-state index in [-0.39, 0.29) is 6.42 Å². The molecule has 1 fully saturated rings. The van der Waals surface area contributed by atoms with Gasteiger partial charge >= 0.3 is 5.97 Å². The first-order chi connectivity index (χ1) is 10.1. The minimum atomic E-state index is -0.731. The molecule has 5 nitrogen and oxygen atoms in total. The van der Waals surface area contributed by atoms with Crippen LogP contribution in [0, 0.1) is 0 Å². The Hall–Kier alpha value is -1.30. The van der Waals surface area contributed by atoms with Crippen molar-refractivity contribution in [3.05, 3.63) is 28.8 Å². The zero-order valence-electron chi connectivity index (χ0n) is 12.2. The summed E-state index contributed by atoms with van der Waals surface area (Å²) in [4.78, 5) is 15.1. The molecule has 0 bridgehead atoms. The van der Waals surface area contributed by atoms with Crippen LogP contribution in [0.1, 0.15) is 12.0 Å². The van der Waals surface area contributed by atoms with Crippen molar-refractivity contribution in [2.24, 2.45) is 0 Å². The number of ether oxygens (including phenoxy) is 1. The number of carbonyl (C=O) groups is 1. The highest BCUT2D eigenvalue weighted by Crippen LogP contribution is 2.25. The zero-order chi connectivity index (χ0) is 15.2. The van der Waals surface area contributed by atoms with Crippen LogP contribution in [0.3, 0.4) is 0 Å². The van der Waals surface area contributed by atoms with Crippen LogP contribution in [0.5, 0.6) is 5.75 Å². The van der Waals surface area contributed by atoms with Crippen LogP contribution in [0.4, 0.5) is 0 Å². The minimum absolute atomic E-state index is 0.216. The summed E-state index contributed by atoms with van der Waals surface area (Å²) in [7, 11) is 1.61. The average Bonchev–Trinajstić information content (AvgIpc) is 2.47. The van der Waals surface area contributed by atoms with E-state index in [0.29, 0.717) is 17.3 Å². The molecule has 1 heterocycles. The Morgan fingerprint density at radius 3 is 2.52 bits per heavy atom. The topological polar surface area (TPSA) is 53.0 Å². The van der Waals surface area contributed by atoms with Crippen molar-refractivity contribution in [1.29, 1.82) is 0 Å².